The van der Waals surface area contributed by atoms with Crippen molar-refractivity contribution in [3.63, 3.8) is 0 Å². The zero-order valence-electron chi connectivity index (χ0n) is 10.3. The molecule has 0 fully saturated rings. The van der Waals surface area contributed by atoms with Gasteiger partial charge in [0.2, 0.25) is 5.91 Å². The molecule has 1 aromatic carbocycles. The predicted octanol–water partition coefficient (Wildman–Crippen LogP) is 2.14. The SMILES string of the molecule is COc1ccc(Br)cc1N(C)C(=O)C(C)C(=O)O. The van der Waals surface area contributed by atoms with Gasteiger partial charge in [0, 0.05) is 11.5 Å². The molecule has 5 nitrogen and oxygen atoms in total. The van der Waals surface area contributed by atoms with Crippen LogP contribution in [0.15, 0.2) is 22.7 Å². The second-order valence-electron chi connectivity index (χ2n) is 3.77. The van der Waals surface area contributed by atoms with Gasteiger partial charge < -0.3 is 14.7 Å². The summed E-state index contributed by atoms with van der Waals surface area (Å²) >= 11 is 3.30. The highest BCUT2D eigenvalue weighted by Gasteiger charge is 2.26. The highest BCUT2D eigenvalue weighted by molar-refractivity contribution is 9.10. The van der Waals surface area contributed by atoms with Crippen molar-refractivity contribution in [3.8, 4) is 5.75 Å². The lowest BCUT2D eigenvalue weighted by Gasteiger charge is -2.22. The smallest absolute Gasteiger partial charge is 0.315 e. The van der Waals surface area contributed by atoms with Gasteiger partial charge in [-0.2, -0.15) is 0 Å². The first-order chi connectivity index (χ1) is 8.38. The topological polar surface area (TPSA) is 66.8 Å². The molecule has 18 heavy (non-hydrogen) atoms. The number of halogens is 1. The first-order valence-electron chi connectivity index (χ1n) is 5.22. The molecule has 1 atom stereocenters. The largest absolute Gasteiger partial charge is 0.495 e. The summed E-state index contributed by atoms with van der Waals surface area (Å²) in [5.41, 5.74) is 0.518. The van der Waals surface area contributed by atoms with Gasteiger partial charge in [0.25, 0.3) is 0 Å². The minimum atomic E-state index is -1.15. The number of benzene rings is 1. The van der Waals surface area contributed by atoms with Gasteiger partial charge in [-0.3, -0.25) is 9.59 Å². The van der Waals surface area contributed by atoms with Gasteiger partial charge >= 0.3 is 5.97 Å². The molecular weight excluding hydrogens is 302 g/mol. The van der Waals surface area contributed by atoms with Crippen molar-refractivity contribution in [1.29, 1.82) is 0 Å². The lowest BCUT2D eigenvalue weighted by atomic mass is 10.1. The second-order valence-corrected chi connectivity index (χ2v) is 4.69. The van der Waals surface area contributed by atoms with E-state index in [-0.39, 0.29) is 0 Å². The summed E-state index contributed by atoms with van der Waals surface area (Å²) in [6, 6.07) is 5.18. The highest BCUT2D eigenvalue weighted by atomic mass is 79.9. The average Bonchev–Trinajstić information content (AvgIpc) is 2.35. The number of anilines is 1. The van der Waals surface area contributed by atoms with Gasteiger partial charge in [-0.15, -0.1) is 0 Å². The van der Waals surface area contributed by atoms with Crippen LogP contribution in [0.2, 0.25) is 0 Å². The molecule has 6 heteroatoms. The number of methoxy groups -OCH3 is 1. The zero-order valence-corrected chi connectivity index (χ0v) is 11.9. The summed E-state index contributed by atoms with van der Waals surface area (Å²) < 4.78 is 5.93. The fourth-order valence-corrected chi connectivity index (χ4v) is 1.79. The Balaban J connectivity index is 3.10. The van der Waals surface area contributed by atoms with Crippen LogP contribution in [0.4, 0.5) is 5.69 Å². The van der Waals surface area contributed by atoms with Crippen molar-refractivity contribution >= 4 is 33.5 Å². The van der Waals surface area contributed by atoms with Gasteiger partial charge in [-0.1, -0.05) is 15.9 Å². The van der Waals surface area contributed by atoms with E-state index >= 15 is 0 Å². The van der Waals surface area contributed by atoms with Crippen molar-refractivity contribution in [2.75, 3.05) is 19.1 Å². The van der Waals surface area contributed by atoms with E-state index in [0.29, 0.717) is 11.4 Å². The van der Waals surface area contributed by atoms with Crippen LogP contribution in [0.1, 0.15) is 6.92 Å². The standard InChI is InChI=1S/C12H14BrNO4/c1-7(12(16)17)11(15)14(2)9-6-8(13)4-5-10(9)18-3/h4-7H,1-3H3,(H,16,17). The number of amides is 1. The number of hydrogen-bond acceptors (Lipinski definition) is 3. The van der Waals surface area contributed by atoms with Crippen molar-refractivity contribution in [3.05, 3.63) is 22.7 Å². The maximum atomic E-state index is 11.9. The molecule has 0 saturated carbocycles. The van der Waals surface area contributed by atoms with E-state index in [1.54, 1.807) is 18.2 Å². The normalized spacial score (nSPS) is 11.8. The van der Waals surface area contributed by atoms with Gasteiger partial charge in [0.15, 0.2) is 0 Å². The van der Waals surface area contributed by atoms with Crippen LogP contribution in [0, 0.1) is 5.92 Å². The van der Waals surface area contributed by atoms with Crippen LogP contribution >= 0.6 is 15.9 Å². The number of ether oxygens (including phenoxy) is 1. The molecule has 1 amide bonds. The number of nitrogens with zero attached hydrogens (tertiary/aromatic N) is 1. The summed E-state index contributed by atoms with van der Waals surface area (Å²) in [6.45, 7) is 1.35. The van der Waals surface area contributed by atoms with E-state index in [2.05, 4.69) is 15.9 Å². The first-order valence-corrected chi connectivity index (χ1v) is 6.01. The molecule has 0 aliphatic carbocycles. The third-order valence-electron chi connectivity index (χ3n) is 2.57. The van der Waals surface area contributed by atoms with Crippen LogP contribution in [0.25, 0.3) is 0 Å². The number of carbonyl (C=O) groups is 2. The molecule has 0 saturated heterocycles. The molecule has 0 aliphatic rings. The number of carboxylic acids is 1. The number of carboxylic acid groups (broad SMARTS) is 1. The van der Waals surface area contributed by atoms with E-state index in [4.69, 9.17) is 9.84 Å². The molecule has 98 valence electrons. The fraction of sp³-hybridized carbons (Fsp3) is 0.333. The zero-order chi connectivity index (χ0) is 13.9. The number of aliphatic carboxylic acids is 1. The molecule has 0 aliphatic heterocycles. The third-order valence-corrected chi connectivity index (χ3v) is 3.07. The van der Waals surface area contributed by atoms with Gasteiger partial charge in [-0.25, -0.2) is 0 Å². The van der Waals surface area contributed by atoms with E-state index in [1.807, 2.05) is 0 Å². The molecule has 1 N–H and O–H groups in total. The number of rotatable bonds is 4. The van der Waals surface area contributed by atoms with Crippen molar-refractivity contribution in [2.24, 2.45) is 5.92 Å². The Morgan fingerprint density at radius 1 is 1.44 bits per heavy atom. The Labute approximate surface area is 113 Å². The Hall–Kier alpha value is -1.56. The van der Waals surface area contributed by atoms with E-state index in [0.717, 1.165) is 4.47 Å². The number of carbonyl (C=O) groups excluding carboxylic acids is 1. The molecule has 1 unspecified atom stereocenters. The summed E-state index contributed by atoms with van der Waals surface area (Å²) in [5.74, 6) is -2.25. The maximum absolute atomic E-state index is 11.9. The lowest BCUT2D eigenvalue weighted by molar-refractivity contribution is -0.145. The fourth-order valence-electron chi connectivity index (χ4n) is 1.44. The van der Waals surface area contributed by atoms with E-state index in [9.17, 15) is 9.59 Å². The molecule has 0 heterocycles. The van der Waals surface area contributed by atoms with E-state index < -0.39 is 17.8 Å². The lowest BCUT2D eigenvalue weighted by Crippen LogP contribution is -2.35. The minimum Gasteiger partial charge on any atom is -0.495 e. The summed E-state index contributed by atoms with van der Waals surface area (Å²) in [5, 5.41) is 8.84. The minimum absolute atomic E-state index is 0.501. The summed E-state index contributed by atoms with van der Waals surface area (Å²) in [4.78, 5) is 24.0. The van der Waals surface area contributed by atoms with Gasteiger partial charge in [0.05, 0.1) is 12.8 Å². The quantitative estimate of drug-likeness (QED) is 0.864. The van der Waals surface area contributed by atoms with Crippen molar-refractivity contribution in [2.45, 2.75) is 6.92 Å². The maximum Gasteiger partial charge on any atom is 0.315 e. The predicted molar refractivity (Wildman–Crippen MR) is 70.9 cm³/mol. The van der Waals surface area contributed by atoms with Crippen LogP contribution in [0.3, 0.4) is 0 Å². The van der Waals surface area contributed by atoms with Crippen LogP contribution in [-0.2, 0) is 9.59 Å². The molecule has 1 rings (SSSR count). The monoisotopic (exact) mass is 315 g/mol. The Morgan fingerprint density at radius 3 is 2.56 bits per heavy atom. The molecule has 0 spiro atoms. The van der Waals surface area contributed by atoms with Crippen molar-refractivity contribution in [1.82, 2.24) is 0 Å². The molecule has 0 bridgehead atoms. The Kier molecular flexibility index (Phi) is 4.72. The van der Waals surface area contributed by atoms with E-state index in [1.165, 1.54) is 26.0 Å². The Bertz CT molecular complexity index is 475. The van der Waals surface area contributed by atoms with Gasteiger partial charge in [0.1, 0.15) is 11.7 Å². The average molecular weight is 316 g/mol. The van der Waals surface area contributed by atoms with Crippen LogP contribution in [0.5, 0.6) is 5.75 Å². The van der Waals surface area contributed by atoms with Gasteiger partial charge in [-0.05, 0) is 25.1 Å². The molecular formula is C12H14BrNO4. The molecule has 0 aromatic heterocycles. The van der Waals surface area contributed by atoms with Crippen LogP contribution in [-0.4, -0.2) is 31.1 Å². The first kappa shape index (κ1) is 14.5. The van der Waals surface area contributed by atoms with Crippen LogP contribution < -0.4 is 9.64 Å². The highest BCUT2D eigenvalue weighted by Crippen LogP contribution is 2.31. The molecule has 0 radical (unpaired) electrons. The van der Waals surface area contributed by atoms with Crippen molar-refractivity contribution < 1.29 is 19.4 Å². The summed E-state index contributed by atoms with van der Waals surface area (Å²) in [6.07, 6.45) is 0. The number of hydrogen-bond donors (Lipinski definition) is 1. The second kappa shape index (κ2) is 5.86. The molecule has 1 aromatic rings. The third kappa shape index (κ3) is 3.01. The summed E-state index contributed by atoms with van der Waals surface area (Å²) in [7, 11) is 3.01. The Morgan fingerprint density at radius 2 is 2.06 bits per heavy atom.